The van der Waals surface area contributed by atoms with E-state index in [-0.39, 0.29) is 0 Å². The highest BCUT2D eigenvalue weighted by Crippen LogP contribution is 2.37. The van der Waals surface area contributed by atoms with Crippen molar-refractivity contribution in [2.24, 2.45) is 0 Å². The Balaban J connectivity index is 1.04. The molecule has 0 saturated carbocycles. The number of benzene rings is 7. The molecule has 0 spiro atoms. The number of hydrogen-bond acceptors (Lipinski definition) is 3. The van der Waals surface area contributed by atoms with E-state index in [1.165, 1.54) is 16.7 Å². The summed E-state index contributed by atoms with van der Waals surface area (Å²) in [5.41, 5.74) is 13.7. The number of nitrogens with zero attached hydrogens (tertiary/aromatic N) is 2. The van der Waals surface area contributed by atoms with Crippen molar-refractivity contribution in [3.8, 4) is 67.3 Å². The van der Waals surface area contributed by atoms with Crippen LogP contribution in [0, 0.1) is 0 Å². The fourth-order valence-corrected chi connectivity index (χ4v) is 6.61. The Bertz CT molecular complexity index is 2550. The summed E-state index contributed by atoms with van der Waals surface area (Å²) in [6.07, 6.45) is 0. The number of rotatable bonds is 6. The summed E-state index contributed by atoms with van der Waals surface area (Å²) in [7, 11) is 0. The van der Waals surface area contributed by atoms with Crippen molar-refractivity contribution in [3.63, 3.8) is 0 Å². The van der Waals surface area contributed by atoms with Crippen molar-refractivity contribution in [3.05, 3.63) is 182 Å². The fourth-order valence-electron chi connectivity index (χ4n) is 6.61. The summed E-state index contributed by atoms with van der Waals surface area (Å²) in [4.78, 5) is 10.1. The Hall–Kier alpha value is -6.58. The van der Waals surface area contributed by atoms with Crippen molar-refractivity contribution in [2.45, 2.75) is 0 Å². The molecule has 0 aliphatic carbocycles. The van der Waals surface area contributed by atoms with E-state index >= 15 is 0 Å². The van der Waals surface area contributed by atoms with Gasteiger partial charge >= 0.3 is 0 Å². The zero-order valence-electron chi connectivity index (χ0n) is 26.6. The van der Waals surface area contributed by atoms with Crippen LogP contribution in [0.2, 0.25) is 0 Å². The Labute approximate surface area is 284 Å². The minimum Gasteiger partial charge on any atom is -0.456 e. The van der Waals surface area contributed by atoms with Gasteiger partial charge in [-0.25, -0.2) is 9.97 Å². The van der Waals surface area contributed by atoms with Gasteiger partial charge in [-0.05, 0) is 51.6 Å². The van der Waals surface area contributed by atoms with E-state index in [0.29, 0.717) is 5.82 Å². The van der Waals surface area contributed by atoms with E-state index in [4.69, 9.17) is 14.4 Å². The summed E-state index contributed by atoms with van der Waals surface area (Å²) >= 11 is 0. The molecule has 3 nitrogen and oxygen atoms in total. The smallest absolute Gasteiger partial charge is 0.160 e. The van der Waals surface area contributed by atoms with E-state index in [1.54, 1.807) is 0 Å². The van der Waals surface area contributed by atoms with Gasteiger partial charge in [0.1, 0.15) is 11.2 Å². The standard InChI is InChI=1S/C46H30N2O/c1-3-10-31(11-4-1)32-20-26-36(27-21-32)41-30-42(48-46(47-41)38-12-5-2-6-13-38)37-28-22-34(23-29-37)33-18-24-35(25-19-33)39-15-9-17-44-45(39)40-14-7-8-16-43(40)49-44/h1-30H. The third kappa shape index (κ3) is 5.48. The molecular weight excluding hydrogens is 597 g/mol. The molecule has 0 amide bonds. The first-order valence-corrected chi connectivity index (χ1v) is 16.5. The lowest BCUT2D eigenvalue weighted by molar-refractivity contribution is 0.669. The number of furan rings is 1. The van der Waals surface area contributed by atoms with Crippen LogP contribution in [0.15, 0.2) is 186 Å². The molecule has 2 heterocycles. The van der Waals surface area contributed by atoms with E-state index < -0.39 is 0 Å². The normalized spacial score (nSPS) is 11.3. The van der Waals surface area contributed by atoms with Crippen LogP contribution in [-0.2, 0) is 0 Å². The summed E-state index contributed by atoms with van der Waals surface area (Å²) in [6.45, 7) is 0. The lowest BCUT2D eigenvalue weighted by atomic mass is 9.96. The highest BCUT2D eigenvalue weighted by Gasteiger charge is 2.14. The molecule has 0 saturated heterocycles. The molecule has 0 radical (unpaired) electrons. The first-order valence-electron chi connectivity index (χ1n) is 16.5. The first kappa shape index (κ1) is 28.6. The summed E-state index contributed by atoms with van der Waals surface area (Å²) < 4.78 is 6.13. The number of fused-ring (bicyclic) bond motifs is 3. The maximum atomic E-state index is 6.13. The van der Waals surface area contributed by atoms with Gasteiger partial charge in [-0.3, -0.25) is 0 Å². The van der Waals surface area contributed by atoms with Gasteiger partial charge in [0.25, 0.3) is 0 Å². The highest BCUT2D eigenvalue weighted by atomic mass is 16.3. The molecule has 9 aromatic rings. The molecule has 0 aliphatic rings. The van der Waals surface area contributed by atoms with Gasteiger partial charge in [0.2, 0.25) is 0 Å². The van der Waals surface area contributed by atoms with Crippen LogP contribution in [0.3, 0.4) is 0 Å². The molecule has 0 fully saturated rings. The Morgan fingerprint density at radius 3 is 1.37 bits per heavy atom. The molecule has 0 aliphatic heterocycles. The zero-order chi connectivity index (χ0) is 32.6. The average molecular weight is 627 g/mol. The SMILES string of the molecule is c1ccc(-c2ccc(-c3cc(-c4ccc(-c5ccc(-c6cccc7oc8ccccc8c67)cc5)cc4)nc(-c4ccccc4)n3)cc2)cc1. The number of aromatic nitrogens is 2. The van der Waals surface area contributed by atoms with E-state index in [1.807, 2.05) is 42.5 Å². The second kappa shape index (κ2) is 12.2. The molecule has 0 N–H and O–H groups in total. The van der Waals surface area contributed by atoms with Crippen molar-refractivity contribution in [1.82, 2.24) is 9.97 Å². The van der Waals surface area contributed by atoms with Crippen molar-refractivity contribution in [2.75, 3.05) is 0 Å². The molecule has 0 atom stereocenters. The Kier molecular flexibility index (Phi) is 7.14. The van der Waals surface area contributed by atoms with Crippen LogP contribution in [-0.4, -0.2) is 9.97 Å². The minimum atomic E-state index is 0.709. The van der Waals surface area contributed by atoms with E-state index in [0.717, 1.165) is 66.7 Å². The molecule has 7 aromatic carbocycles. The predicted octanol–water partition coefficient (Wildman–Crippen LogP) is 12.4. The first-order chi connectivity index (χ1) is 24.3. The fraction of sp³-hybridized carbons (Fsp3) is 0. The van der Waals surface area contributed by atoms with E-state index in [9.17, 15) is 0 Å². The van der Waals surface area contributed by atoms with Gasteiger partial charge in [0.05, 0.1) is 11.4 Å². The molecule has 0 bridgehead atoms. The second-order valence-electron chi connectivity index (χ2n) is 12.2. The number of hydrogen-bond donors (Lipinski definition) is 0. The Morgan fingerprint density at radius 1 is 0.327 bits per heavy atom. The Morgan fingerprint density at radius 2 is 0.776 bits per heavy atom. The van der Waals surface area contributed by atoms with Crippen LogP contribution in [0.5, 0.6) is 0 Å². The maximum Gasteiger partial charge on any atom is 0.160 e. The summed E-state index contributed by atoms with van der Waals surface area (Å²) in [5.74, 6) is 0.709. The number of para-hydroxylation sites is 1. The third-order valence-electron chi connectivity index (χ3n) is 9.16. The van der Waals surface area contributed by atoms with Gasteiger partial charge < -0.3 is 4.42 Å². The van der Waals surface area contributed by atoms with Gasteiger partial charge in [-0.15, -0.1) is 0 Å². The third-order valence-corrected chi connectivity index (χ3v) is 9.16. The highest BCUT2D eigenvalue weighted by molar-refractivity contribution is 6.12. The van der Waals surface area contributed by atoms with Crippen molar-refractivity contribution in [1.29, 1.82) is 0 Å². The van der Waals surface area contributed by atoms with Crippen molar-refractivity contribution < 1.29 is 4.42 Å². The second-order valence-corrected chi connectivity index (χ2v) is 12.2. The minimum absolute atomic E-state index is 0.709. The van der Waals surface area contributed by atoms with E-state index in [2.05, 4.69) is 140 Å². The average Bonchev–Trinajstić information content (AvgIpc) is 3.58. The van der Waals surface area contributed by atoms with Gasteiger partial charge in [0, 0.05) is 27.5 Å². The topological polar surface area (TPSA) is 38.9 Å². The molecule has 3 heteroatoms. The van der Waals surface area contributed by atoms with Crippen LogP contribution in [0.25, 0.3) is 89.2 Å². The van der Waals surface area contributed by atoms with Gasteiger partial charge in [-0.2, -0.15) is 0 Å². The largest absolute Gasteiger partial charge is 0.456 e. The molecule has 2 aromatic heterocycles. The molecule has 230 valence electrons. The van der Waals surface area contributed by atoms with Crippen LogP contribution < -0.4 is 0 Å². The van der Waals surface area contributed by atoms with Crippen LogP contribution >= 0.6 is 0 Å². The molecular formula is C46H30N2O. The van der Waals surface area contributed by atoms with Crippen LogP contribution in [0.1, 0.15) is 0 Å². The molecule has 9 rings (SSSR count). The predicted molar refractivity (Wildman–Crippen MR) is 202 cm³/mol. The lowest BCUT2D eigenvalue weighted by Crippen LogP contribution is -1.96. The molecule has 0 unspecified atom stereocenters. The van der Waals surface area contributed by atoms with Gasteiger partial charge in [-0.1, -0.05) is 164 Å². The molecule has 49 heavy (non-hydrogen) atoms. The zero-order valence-corrected chi connectivity index (χ0v) is 26.6. The lowest BCUT2D eigenvalue weighted by Gasteiger charge is -2.11. The van der Waals surface area contributed by atoms with Gasteiger partial charge in [0.15, 0.2) is 5.82 Å². The van der Waals surface area contributed by atoms with Crippen molar-refractivity contribution >= 4 is 21.9 Å². The summed E-state index contributed by atoms with van der Waals surface area (Å²) in [6, 6.07) is 63.3. The summed E-state index contributed by atoms with van der Waals surface area (Å²) in [5, 5.41) is 2.29. The van der Waals surface area contributed by atoms with Crippen LogP contribution in [0.4, 0.5) is 0 Å². The maximum absolute atomic E-state index is 6.13. The quantitative estimate of drug-likeness (QED) is 0.184. The monoisotopic (exact) mass is 626 g/mol.